The van der Waals surface area contributed by atoms with Gasteiger partial charge >= 0.3 is 6.09 Å². The molecule has 1 amide bonds. The van der Waals surface area contributed by atoms with Gasteiger partial charge in [0.1, 0.15) is 22.6 Å². The van der Waals surface area contributed by atoms with E-state index in [1.165, 1.54) is 24.2 Å². The predicted octanol–water partition coefficient (Wildman–Crippen LogP) is 2.84. The minimum atomic E-state index is -0.701. The third-order valence-electron chi connectivity index (χ3n) is 3.66. The Morgan fingerprint density at radius 3 is 2.75 bits per heavy atom. The summed E-state index contributed by atoms with van der Waals surface area (Å²) in [6, 6.07) is 4.72. The molecule has 0 saturated carbocycles. The fraction of sp³-hybridized carbons (Fsp3) is 0.278. The van der Waals surface area contributed by atoms with Crippen molar-refractivity contribution in [3.05, 3.63) is 40.5 Å². The van der Waals surface area contributed by atoms with Gasteiger partial charge in [-0.2, -0.15) is 0 Å². The Labute approximate surface area is 159 Å². The van der Waals surface area contributed by atoms with Crippen LogP contribution in [0.3, 0.4) is 0 Å². The maximum atomic E-state index is 12.5. The second-order valence-corrected chi connectivity index (χ2v) is 6.97. The minimum Gasteiger partial charge on any atom is -0.443 e. The molecule has 0 aliphatic rings. The van der Waals surface area contributed by atoms with Gasteiger partial charge in [-0.1, -0.05) is 5.16 Å². The highest BCUT2D eigenvalue weighted by molar-refractivity contribution is 6.03. The number of anilines is 3. The highest BCUT2D eigenvalue weighted by Crippen LogP contribution is 2.30. The number of fused-ring (bicyclic) bond motifs is 1. The summed E-state index contributed by atoms with van der Waals surface area (Å²) >= 11 is 0. The van der Waals surface area contributed by atoms with Gasteiger partial charge in [-0.3, -0.25) is 14.5 Å². The number of rotatable bonds is 4. The molecule has 2 N–H and O–H groups in total. The number of carbonyl (C=O) groups is 2. The first-order valence-electron chi connectivity index (χ1n) is 8.36. The molecular formula is C18H19N5O5. The molecule has 3 rings (SSSR count). The third-order valence-corrected chi connectivity index (χ3v) is 3.66. The highest BCUT2D eigenvalue weighted by atomic mass is 16.6. The smallest absolute Gasteiger partial charge is 0.414 e. The lowest BCUT2D eigenvalue weighted by Crippen LogP contribution is -2.34. The molecule has 0 radical (unpaired) electrons. The summed E-state index contributed by atoms with van der Waals surface area (Å²) in [6.45, 7) is 5.24. The van der Waals surface area contributed by atoms with Crippen LogP contribution in [0.15, 0.2) is 33.7 Å². The van der Waals surface area contributed by atoms with Crippen LogP contribution in [0.25, 0.3) is 11.0 Å². The van der Waals surface area contributed by atoms with Crippen molar-refractivity contribution in [1.82, 2.24) is 15.1 Å². The zero-order valence-corrected chi connectivity index (χ0v) is 15.8. The van der Waals surface area contributed by atoms with Gasteiger partial charge < -0.3 is 19.6 Å². The van der Waals surface area contributed by atoms with Crippen LogP contribution < -0.4 is 15.8 Å². The van der Waals surface area contributed by atoms with E-state index in [4.69, 9.17) is 9.26 Å². The summed E-state index contributed by atoms with van der Waals surface area (Å²) in [7, 11) is 1.50. The Morgan fingerprint density at radius 1 is 1.36 bits per heavy atom. The van der Waals surface area contributed by atoms with Crippen LogP contribution >= 0.6 is 0 Å². The van der Waals surface area contributed by atoms with Gasteiger partial charge in [-0.25, -0.2) is 9.78 Å². The summed E-state index contributed by atoms with van der Waals surface area (Å²) < 4.78 is 10.4. The van der Waals surface area contributed by atoms with Crippen molar-refractivity contribution in [2.24, 2.45) is 0 Å². The van der Waals surface area contributed by atoms with Crippen LogP contribution in [0.2, 0.25) is 0 Å². The van der Waals surface area contributed by atoms with Crippen molar-refractivity contribution in [2.75, 3.05) is 17.3 Å². The fourth-order valence-corrected chi connectivity index (χ4v) is 2.41. The van der Waals surface area contributed by atoms with Gasteiger partial charge in [0.15, 0.2) is 11.8 Å². The number of aldehydes is 1. The Balaban J connectivity index is 2.09. The Bertz CT molecular complexity index is 1100. The largest absolute Gasteiger partial charge is 0.443 e. The van der Waals surface area contributed by atoms with Crippen molar-refractivity contribution in [1.29, 1.82) is 0 Å². The minimum absolute atomic E-state index is 0.0977. The van der Waals surface area contributed by atoms with E-state index in [0.717, 1.165) is 0 Å². The van der Waals surface area contributed by atoms with E-state index in [-0.39, 0.29) is 33.9 Å². The Hall–Kier alpha value is -3.69. The van der Waals surface area contributed by atoms with Gasteiger partial charge in [-0.05, 0) is 32.9 Å². The number of aromatic amines is 1. The van der Waals surface area contributed by atoms with Crippen molar-refractivity contribution in [2.45, 2.75) is 26.4 Å². The zero-order valence-electron chi connectivity index (χ0n) is 15.8. The number of H-pyrrole nitrogens is 1. The molecule has 10 nitrogen and oxygen atoms in total. The van der Waals surface area contributed by atoms with E-state index in [0.29, 0.717) is 12.0 Å². The van der Waals surface area contributed by atoms with Crippen LogP contribution in [-0.2, 0) is 4.74 Å². The average Bonchev–Trinajstić information content (AvgIpc) is 3.04. The molecule has 0 saturated heterocycles. The normalized spacial score (nSPS) is 11.3. The number of nitrogens with zero attached hydrogens (tertiary/aromatic N) is 3. The quantitative estimate of drug-likeness (QED) is 0.656. The van der Waals surface area contributed by atoms with Crippen LogP contribution in [0, 0.1) is 0 Å². The number of pyridine rings is 2. The van der Waals surface area contributed by atoms with Gasteiger partial charge in [0.2, 0.25) is 5.76 Å². The van der Waals surface area contributed by atoms with E-state index >= 15 is 0 Å². The maximum absolute atomic E-state index is 12.5. The molecule has 0 aliphatic heterocycles. The maximum Gasteiger partial charge on any atom is 0.414 e. The van der Waals surface area contributed by atoms with Crippen molar-refractivity contribution in [3.8, 4) is 0 Å². The molecular weight excluding hydrogens is 366 g/mol. The summed E-state index contributed by atoms with van der Waals surface area (Å²) in [5.41, 5.74) is -0.156. The summed E-state index contributed by atoms with van der Waals surface area (Å²) in [5.74, 6) is 0.125. The number of hydrogen-bond donors (Lipinski definition) is 2. The first-order valence-corrected chi connectivity index (χ1v) is 8.36. The van der Waals surface area contributed by atoms with E-state index in [9.17, 15) is 14.4 Å². The first kappa shape index (κ1) is 19.1. The SMILES string of the molecule is CN(C(=O)OC(C)(C)C)c1cc(Nc2ccc[nH]c2=O)nc2c(C=O)onc12. The van der Waals surface area contributed by atoms with Gasteiger partial charge in [0.25, 0.3) is 5.56 Å². The number of hydrogen-bond acceptors (Lipinski definition) is 8. The molecule has 3 aromatic rings. The number of carbonyl (C=O) groups excluding carboxylic acids is 2. The molecule has 0 spiro atoms. The molecule has 0 fully saturated rings. The van der Waals surface area contributed by atoms with Crippen LogP contribution in [0.1, 0.15) is 31.3 Å². The number of aromatic nitrogens is 3. The molecule has 10 heteroatoms. The molecule has 0 unspecified atom stereocenters. The molecule has 28 heavy (non-hydrogen) atoms. The Kier molecular flexibility index (Phi) is 4.87. The number of amides is 1. The zero-order chi connectivity index (χ0) is 20.5. The molecule has 0 atom stereocenters. The lowest BCUT2D eigenvalue weighted by Gasteiger charge is -2.24. The summed E-state index contributed by atoms with van der Waals surface area (Å²) in [6.07, 6.45) is 1.34. The Morgan fingerprint density at radius 2 is 2.11 bits per heavy atom. The monoisotopic (exact) mass is 385 g/mol. The molecule has 3 aromatic heterocycles. The lowest BCUT2D eigenvalue weighted by atomic mass is 10.2. The topological polar surface area (TPSA) is 130 Å². The van der Waals surface area contributed by atoms with Gasteiger partial charge in [-0.15, -0.1) is 0 Å². The number of ether oxygens (including phenoxy) is 1. The third kappa shape index (κ3) is 3.85. The predicted molar refractivity (Wildman–Crippen MR) is 102 cm³/mol. The van der Waals surface area contributed by atoms with Crippen molar-refractivity contribution < 1.29 is 18.8 Å². The molecule has 0 bridgehead atoms. The molecule has 0 aromatic carbocycles. The molecule has 0 aliphatic carbocycles. The van der Waals surface area contributed by atoms with Crippen molar-refractivity contribution >= 4 is 40.6 Å². The average molecular weight is 385 g/mol. The summed E-state index contributed by atoms with van der Waals surface area (Å²) in [5, 5.41) is 6.71. The summed E-state index contributed by atoms with van der Waals surface area (Å²) in [4.78, 5) is 43.7. The van der Waals surface area contributed by atoms with Gasteiger partial charge in [0, 0.05) is 19.3 Å². The van der Waals surface area contributed by atoms with E-state index in [1.807, 2.05) is 0 Å². The number of nitrogens with one attached hydrogen (secondary N) is 2. The van der Waals surface area contributed by atoms with Crippen LogP contribution in [-0.4, -0.2) is 40.2 Å². The molecule has 146 valence electrons. The standard InChI is InChI=1S/C18H19N5O5/c1-18(2,3)27-17(26)23(4)11-8-13(20-10-6-5-7-19-16(10)25)21-15-12(9-24)28-22-14(11)15/h5-9H,1-4H3,(H,19,25)(H,20,21). The van der Waals surface area contributed by atoms with Crippen LogP contribution in [0.5, 0.6) is 0 Å². The van der Waals surface area contributed by atoms with E-state index in [2.05, 4.69) is 20.4 Å². The second kappa shape index (κ2) is 7.14. The lowest BCUT2D eigenvalue weighted by molar-refractivity contribution is 0.0589. The van der Waals surface area contributed by atoms with Gasteiger partial charge in [0.05, 0.1) is 5.69 Å². The van der Waals surface area contributed by atoms with Crippen molar-refractivity contribution in [3.63, 3.8) is 0 Å². The highest BCUT2D eigenvalue weighted by Gasteiger charge is 2.25. The second-order valence-electron chi connectivity index (χ2n) is 6.97. The first-order chi connectivity index (χ1) is 13.2. The van der Waals surface area contributed by atoms with E-state index < -0.39 is 11.7 Å². The fourth-order valence-electron chi connectivity index (χ4n) is 2.41. The van der Waals surface area contributed by atoms with Crippen LogP contribution in [0.4, 0.5) is 22.0 Å². The van der Waals surface area contributed by atoms with E-state index in [1.54, 1.807) is 32.9 Å². The molecule has 3 heterocycles.